The maximum atomic E-state index is 12.0. The molecule has 2 rings (SSSR count). The molecule has 0 radical (unpaired) electrons. The highest BCUT2D eigenvalue weighted by Crippen LogP contribution is 2.17. The number of anilines is 2. The number of rotatable bonds is 4. The summed E-state index contributed by atoms with van der Waals surface area (Å²) in [4.78, 5) is 35.5. The first kappa shape index (κ1) is 18.2. The van der Waals surface area contributed by atoms with Crippen LogP contribution in [-0.4, -0.2) is 24.9 Å². The minimum absolute atomic E-state index is 0.282. The first-order valence-corrected chi connectivity index (χ1v) is 7.81. The van der Waals surface area contributed by atoms with Crippen molar-refractivity contribution in [2.75, 3.05) is 17.7 Å². The predicted octanol–water partition coefficient (Wildman–Crippen LogP) is 3.17. The van der Waals surface area contributed by atoms with Gasteiger partial charge in [-0.1, -0.05) is 32.0 Å². The zero-order chi connectivity index (χ0) is 18.4. The SMILES string of the molecule is COC(=O)c1cccc(NC(=O)C(=O)Nc2ccc(C(C)C)cc2)c1. The van der Waals surface area contributed by atoms with E-state index in [0.29, 0.717) is 17.3 Å². The Labute approximate surface area is 146 Å². The molecule has 6 nitrogen and oxygen atoms in total. The van der Waals surface area contributed by atoms with Crippen molar-refractivity contribution in [1.29, 1.82) is 0 Å². The van der Waals surface area contributed by atoms with Gasteiger partial charge in [-0.15, -0.1) is 0 Å². The Hall–Kier alpha value is -3.15. The lowest BCUT2D eigenvalue weighted by Crippen LogP contribution is -2.29. The fourth-order valence-electron chi connectivity index (χ4n) is 2.17. The lowest BCUT2D eigenvalue weighted by Gasteiger charge is -2.09. The van der Waals surface area contributed by atoms with Crippen LogP contribution in [0.5, 0.6) is 0 Å². The Bertz CT molecular complexity index is 782. The number of carbonyl (C=O) groups excluding carboxylic acids is 3. The van der Waals surface area contributed by atoms with Crippen molar-refractivity contribution in [2.24, 2.45) is 0 Å². The molecule has 0 bridgehead atoms. The molecule has 0 atom stereocenters. The lowest BCUT2D eigenvalue weighted by atomic mass is 10.0. The van der Waals surface area contributed by atoms with E-state index in [4.69, 9.17) is 0 Å². The highest BCUT2D eigenvalue weighted by Gasteiger charge is 2.15. The van der Waals surface area contributed by atoms with Crippen molar-refractivity contribution in [1.82, 2.24) is 0 Å². The van der Waals surface area contributed by atoms with Gasteiger partial charge < -0.3 is 15.4 Å². The second kappa shape index (κ2) is 8.10. The van der Waals surface area contributed by atoms with Crippen molar-refractivity contribution in [3.8, 4) is 0 Å². The lowest BCUT2D eigenvalue weighted by molar-refractivity contribution is -0.132. The summed E-state index contributed by atoms with van der Waals surface area (Å²) < 4.78 is 4.62. The fraction of sp³-hybridized carbons (Fsp3) is 0.211. The van der Waals surface area contributed by atoms with Crippen molar-refractivity contribution < 1.29 is 19.1 Å². The highest BCUT2D eigenvalue weighted by molar-refractivity contribution is 6.43. The topological polar surface area (TPSA) is 84.5 Å². The molecule has 0 fully saturated rings. The van der Waals surface area contributed by atoms with Crippen LogP contribution in [0, 0.1) is 0 Å². The maximum Gasteiger partial charge on any atom is 0.337 e. The summed E-state index contributed by atoms with van der Waals surface area (Å²) in [7, 11) is 1.27. The molecule has 0 aliphatic rings. The molecule has 25 heavy (non-hydrogen) atoms. The van der Waals surface area contributed by atoms with E-state index in [2.05, 4.69) is 29.2 Å². The van der Waals surface area contributed by atoms with E-state index >= 15 is 0 Å². The summed E-state index contributed by atoms with van der Waals surface area (Å²) in [6.07, 6.45) is 0. The van der Waals surface area contributed by atoms with Gasteiger partial charge in [0.1, 0.15) is 0 Å². The molecule has 0 unspecified atom stereocenters. The summed E-state index contributed by atoms with van der Waals surface area (Å²) in [5.74, 6) is -1.75. The van der Waals surface area contributed by atoms with E-state index in [1.807, 2.05) is 12.1 Å². The van der Waals surface area contributed by atoms with Gasteiger partial charge in [0.2, 0.25) is 0 Å². The van der Waals surface area contributed by atoms with E-state index < -0.39 is 17.8 Å². The molecule has 0 saturated carbocycles. The molecule has 0 aliphatic carbocycles. The second-order valence-corrected chi connectivity index (χ2v) is 5.76. The molecule has 2 aromatic rings. The van der Waals surface area contributed by atoms with Gasteiger partial charge in [0.15, 0.2) is 0 Å². The molecule has 0 aromatic heterocycles. The number of carbonyl (C=O) groups is 3. The van der Waals surface area contributed by atoms with Gasteiger partial charge in [-0.25, -0.2) is 4.79 Å². The summed E-state index contributed by atoms with van der Waals surface area (Å²) in [6, 6.07) is 13.5. The van der Waals surface area contributed by atoms with Crippen LogP contribution in [-0.2, 0) is 14.3 Å². The molecule has 0 spiro atoms. The van der Waals surface area contributed by atoms with Gasteiger partial charge in [0.05, 0.1) is 12.7 Å². The third-order valence-electron chi connectivity index (χ3n) is 3.58. The Morgan fingerprint density at radius 1 is 0.880 bits per heavy atom. The molecular weight excluding hydrogens is 320 g/mol. The minimum Gasteiger partial charge on any atom is -0.465 e. The monoisotopic (exact) mass is 340 g/mol. The Morgan fingerprint density at radius 3 is 2.04 bits per heavy atom. The summed E-state index contributed by atoms with van der Waals surface area (Å²) in [5, 5.41) is 4.99. The average molecular weight is 340 g/mol. The Balaban J connectivity index is 2.00. The van der Waals surface area contributed by atoms with Crippen LogP contribution in [0.4, 0.5) is 11.4 Å². The zero-order valence-electron chi connectivity index (χ0n) is 14.3. The number of hydrogen-bond acceptors (Lipinski definition) is 4. The van der Waals surface area contributed by atoms with E-state index in [1.165, 1.54) is 13.2 Å². The Kier molecular flexibility index (Phi) is 5.89. The Morgan fingerprint density at radius 2 is 1.48 bits per heavy atom. The number of benzene rings is 2. The predicted molar refractivity (Wildman–Crippen MR) is 95.6 cm³/mol. The van der Waals surface area contributed by atoms with E-state index in [9.17, 15) is 14.4 Å². The summed E-state index contributed by atoms with van der Waals surface area (Å²) >= 11 is 0. The van der Waals surface area contributed by atoms with Crippen LogP contribution in [0.1, 0.15) is 35.7 Å². The molecule has 0 saturated heterocycles. The van der Waals surface area contributed by atoms with Gasteiger partial charge in [-0.05, 0) is 41.8 Å². The van der Waals surface area contributed by atoms with Crippen LogP contribution >= 0.6 is 0 Å². The van der Waals surface area contributed by atoms with Crippen molar-refractivity contribution in [2.45, 2.75) is 19.8 Å². The van der Waals surface area contributed by atoms with Gasteiger partial charge in [0.25, 0.3) is 0 Å². The zero-order valence-corrected chi connectivity index (χ0v) is 14.3. The maximum absolute atomic E-state index is 12.0. The number of hydrogen-bond donors (Lipinski definition) is 2. The van der Waals surface area contributed by atoms with Gasteiger partial charge in [-0.2, -0.15) is 0 Å². The van der Waals surface area contributed by atoms with Gasteiger partial charge in [0, 0.05) is 11.4 Å². The number of nitrogens with one attached hydrogen (secondary N) is 2. The number of methoxy groups -OCH3 is 1. The first-order valence-electron chi connectivity index (χ1n) is 7.81. The highest BCUT2D eigenvalue weighted by atomic mass is 16.5. The van der Waals surface area contributed by atoms with Crippen molar-refractivity contribution in [3.63, 3.8) is 0 Å². The molecule has 0 aliphatic heterocycles. The molecule has 2 aromatic carbocycles. The van der Waals surface area contributed by atoms with Crippen molar-refractivity contribution >= 4 is 29.2 Å². The van der Waals surface area contributed by atoms with E-state index in [0.717, 1.165) is 5.56 Å². The third-order valence-corrected chi connectivity index (χ3v) is 3.58. The second-order valence-electron chi connectivity index (χ2n) is 5.76. The van der Waals surface area contributed by atoms with Crippen LogP contribution in [0.15, 0.2) is 48.5 Å². The van der Waals surface area contributed by atoms with Gasteiger partial charge >= 0.3 is 17.8 Å². The van der Waals surface area contributed by atoms with Crippen LogP contribution < -0.4 is 10.6 Å². The van der Waals surface area contributed by atoms with Crippen molar-refractivity contribution in [3.05, 3.63) is 59.7 Å². The molecule has 130 valence electrons. The quantitative estimate of drug-likeness (QED) is 0.661. The smallest absolute Gasteiger partial charge is 0.337 e. The molecule has 6 heteroatoms. The first-order chi connectivity index (χ1) is 11.9. The molecule has 0 heterocycles. The van der Waals surface area contributed by atoms with Crippen LogP contribution in [0.3, 0.4) is 0 Å². The summed E-state index contributed by atoms with van der Waals surface area (Å²) in [6.45, 7) is 4.15. The standard InChI is InChI=1S/C19H20N2O4/c1-12(2)13-7-9-15(10-8-13)20-17(22)18(23)21-16-6-4-5-14(11-16)19(24)25-3/h4-12H,1-3H3,(H,20,22)(H,21,23). The largest absolute Gasteiger partial charge is 0.465 e. The van der Waals surface area contributed by atoms with Gasteiger partial charge in [-0.3, -0.25) is 9.59 Å². The number of esters is 1. The van der Waals surface area contributed by atoms with E-state index in [-0.39, 0.29) is 5.56 Å². The molecular formula is C19H20N2O4. The van der Waals surface area contributed by atoms with Crippen LogP contribution in [0.25, 0.3) is 0 Å². The van der Waals surface area contributed by atoms with Crippen LogP contribution in [0.2, 0.25) is 0 Å². The van der Waals surface area contributed by atoms with E-state index in [1.54, 1.807) is 30.3 Å². The molecule has 2 N–H and O–H groups in total. The number of ether oxygens (including phenoxy) is 1. The minimum atomic E-state index is -0.824. The molecule has 2 amide bonds. The normalized spacial score (nSPS) is 10.2. The third kappa shape index (κ3) is 4.91. The summed E-state index contributed by atoms with van der Waals surface area (Å²) in [5.41, 5.74) is 2.29. The number of amides is 2. The fourth-order valence-corrected chi connectivity index (χ4v) is 2.17. The average Bonchev–Trinajstić information content (AvgIpc) is 2.61.